The Morgan fingerprint density at radius 1 is 1.67 bits per heavy atom. The number of aromatic nitrogens is 2. The molecule has 0 fully saturated rings. The number of nitrogens with zero attached hydrogens (tertiary/aromatic N) is 1. The first-order valence-corrected chi connectivity index (χ1v) is 5.11. The summed E-state index contributed by atoms with van der Waals surface area (Å²) in [6.07, 6.45) is 3.12. The number of hydrogen-bond donors (Lipinski definition) is 2. The lowest BCUT2D eigenvalue weighted by atomic mass is 10.0. The highest BCUT2D eigenvalue weighted by Gasteiger charge is 2.28. The standard InChI is InChI=1S/C10H15N3O2/c1-15-10(14)7(5-11)9-6-3-2-4-8(6)12-13-9/h7H,2-5,11H2,1H3,(H,12,13). The summed E-state index contributed by atoms with van der Waals surface area (Å²) >= 11 is 0. The number of H-pyrrole nitrogens is 1. The van der Waals surface area contributed by atoms with Crippen LogP contribution < -0.4 is 5.73 Å². The molecule has 0 saturated heterocycles. The average molecular weight is 209 g/mol. The van der Waals surface area contributed by atoms with Gasteiger partial charge in [0.05, 0.1) is 12.8 Å². The van der Waals surface area contributed by atoms with Crippen LogP contribution >= 0.6 is 0 Å². The van der Waals surface area contributed by atoms with Crippen molar-refractivity contribution in [3.63, 3.8) is 0 Å². The molecule has 1 aliphatic rings. The number of hydrogen-bond acceptors (Lipinski definition) is 4. The number of methoxy groups -OCH3 is 1. The molecule has 82 valence electrons. The maximum Gasteiger partial charge on any atom is 0.316 e. The van der Waals surface area contributed by atoms with Crippen molar-refractivity contribution in [3.8, 4) is 0 Å². The quantitative estimate of drug-likeness (QED) is 0.692. The van der Waals surface area contributed by atoms with Crippen LogP contribution in [0.2, 0.25) is 0 Å². The van der Waals surface area contributed by atoms with Gasteiger partial charge in [-0.25, -0.2) is 0 Å². The van der Waals surface area contributed by atoms with Gasteiger partial charge in [0.2, 0.25) is 0 Å². The maximum absolute atomic E-state index is 11.5. The van der Waals surface area contributed by atoms with Crippen molar-refractivity contribution in [1.82, 2.24) is 10.2 Å². The zero-order valence-corrected chi connectivity index (χ0v) is 8.75. The fourth-order valence-corrected chi connectivity index (χ4v) is 2.09. The zero-order valence-electron chi connectivity index (χ0n) is 8.75. The van der Waals surface area contributed by atoms with E-state index in [1.807, 2.05) is 0 Å². The fraction of sp³-hybridized carbons (Fsp3) is 0.600. The summed E-state index contributed by atoms with van der Waals surface area (Å²) in [5, 5.41) is 7.14. The van der Waals surface area contributed by atoms with E-state index in [0.29, 0.717) is 0 Å². The molecule has 1 heterocycles. The third-order valence-corrected chi connectivity index (χ3v) is 2.89. The van der Waals surface area contributed by atoms with Gasteiger partial charge in [0, 0.05) is 12.2 Å². The van der Waals surface area contributed by atoms with Crippen LogP contribution in [0, 0.1) is 0 Å². The summed E-state index contributed by atoms with van der Waals surface area (Å²) in [7, 11) is 1.37. The Labute approximate surface area is 88.0 Å². The van der Waals surface area contributed by atoms with Crippen molar-refractivity contribution in [1.29, 1.82) is 0 Å². The van der Waals surface area contributed by atoms with Gasteiger partial charge >= 0.3 is 5.97 Å². The highest BCUT2D eigenvalue weighted by atomic mass is 16.5. The number of nitrogens with two attached hydrogens (primary N) is 1. The van der Waals surface area contributed by atoms with Crippen LogP contribution in [-0.4, -0.2) is 29.8 Å². The minimum atomic E-state index is -0.423. The van der Waals surface area contributed by atoms with Crippen molar-refractivity contribution in [3.05, 3.63) is 17.0 Å². The summed E-state index contributed by atoms with van der Waals surface area (Å²) in [5.74, 6) is -0.730. The van der Waals surface area contributed by atoms with Crippen LogP contribution in [0.5, 0.6) is 0 Å². The van der Waals surface area contributed by atoms with Gasteiger partial charge in [0.1, 0.15) is 5.92 Å². The van der Waals surface area contributed by atoms with Gasteiger partial charge in [0.25, 0.3) is 0 Å². The summed E-state index contributed by atoms with van der Waals surface area (Å²) < 4.78 is 4.71. The summed E-state index contributed by atoms with van der Waals surface area (Å²) in [4.78, 5) is 11.5. The lowest BCUT2D eigenvalue weighted by molar-refractivity contribution is -0.142. The molecule has 1 aliphatic carbocycles. The number of ether oxygens (including phenoxy) is 1. The second kappa shape index (κ2) is 4.02. The Kier molecular flexibility index (Phi) is 2.73. The zero-order chi connectivity index (χ0) is 10.8. The van der Waals surface area contributed by atoms with Gasteiger partial charge in [-0.2, -0.15) is 5.10 Å². The second-order valence-corrected chi connectivity index (χ2v) is 3.73. The van der Waals surface area contributed by atoms with E-state index in [0.717, 1.165) is 36.2 Å². The van der Waals surface area contributed by atoms with Gasteiger partial charge in [-0.05, 0) is 24.8 Å². The van der Waals surface area contributed by atoms with Gasteiger partial charge in [-0.15, -0.1) is 0 Å². The first kappa shape index (κ1) is 10.2. The highest BCUT2D eigenvalue weighted by Crippen LogP contribution is 2.27. The number of aryl methyl sites for hydroxylation is 1. The Bertz CT molecular complexity index is 373. The fourth-order valence-electron chi connectivity index (χ4n) is 2.09. The van der Waals surface area contributed by atoms with Gasteiger partial charge < -0.3 is 10.5 Å². The van der Waals surface area contributed by atoms with E-state index in [-0.39, 0.29) is 12.5 Å². The molecule has 1 atom stereocenters. The van der Waals surface area contributed by atoms with Crippen molar-refractivity contribution >= 4 is 5.97 Å². The number of carbonyl (C=O) groups is 1. The number of nitrogens with one attached hydrogen (secondary N) is 1. The maximum atomic E-state index is 11.5. The first-order chi connectivity index (χ1) is 7.27. The molecule has 0 aliphatic heterocycles. The summed E-state index contributed by atoms with van der Waals surface area (Å²) in [6.45, 7) is 0.240. The summed E-state index contributed by atoms with van der Waals surface area (Å²) in [6, 6.07) is 0. The molecule has 5 nitrogen and oxygen atoms in total. The third kappa shape index (κ3) is 1.63. The molecule has 1 aromatic rings. The number of esters is 1. The van der Waals surface area contributed by atoms with E-state index in [1.165, 1.54) is 7.11 Å². The van der Waals surface area contributed by atoms with Crippen LogP contribution in [0.15, 0.2) is 0 Å². The average Bonchev–Trinajstić information content (AvgIpc) is 2.82. The Balaban J connectivity index is 2.30. The molecule has 3 N–H and O–H groups in total. The van der Waals surface area contributed by atoms with E-state index < -0.39 is 5.92 Å². The van der Waals surface area contributed by atoms with Crippen LogP contribution in [0.1, 0.15) is 29.3 Å². The number of aromatic amines is 1. The Morgan fingerprint density at radius 3 is 3.13 bits per heavy atom. The van der Waals surface area contributed by atoms with Crippen LogP contribution in [0.3, 0.4) is 0 Å². The van der Waals surface area contributed by atoms with Gasteiger partial charge in [-0.1, -0.05) is 0 Å². The Morgan fingerprint density at radius 2 is 2.47 bits per heavy atom. The van der Waals surface area contributed by atoms with Crippen LogP contribution in [0.4, 0.5) is 0 Å². The van der Waals surface area contributed by atoms with E-state index in [9.17, 15) is 4.79 Å². The van der Waals surface area contributed by atoms with E-state index in [1.54, 1.807) is 0 Å². The molecule has 15 heavy (non-hydrogen) atoms. The molecule has 0 radical (unpaired) electrons. The molecule has 0 amide bonds. The smallest absolute Gasteiger partial charge is 0.316 e. The van der Waals surface area contributed by atoms with E-state index in [2.05, 4.69) is 10.2 Å². The molecule has 1 unspecified atom stereocenters. The molecule has 0 bridgehead atoms. The van der Waals surface area contributed by atoms with Crippen molar-refractivity contribution in [2.75, 3.05) is 13.7 Å². The molecule has 1 aromatic heterocycles. The Hall–Kier alpha value is -1.36. The van der Waals surface area contributed by atoms with Gasteiger partial charge in [-0.3, -0.25) is 9.89 Å². The van der Waals surface area contributed by atoms with Crippen LogP contribution in [-0.2, 0) is 22.4 Å². The first-order valence-electron chi connectivity index (χ1n) is 5.11. The van der Waals surface area contributed by atoms with Gasteiger partial charge in [0.15, 0.2) is 0 Å². The third-order valence-electron chi connectivity index (χ3n) is 2.89. The molecule has 0 saturated carbocycles. The molecular weight excluding hydrogens is 194 g/mol. The molecule has 5 heteroatoms. The predicted octanol–water partition coefficient (Wildman–Crippen LogP) is 0.114. The van der Waals surface area contributed by atoms with E-state index in [4.69, 9.17) is 10.5 Å². The normalized spacial score (nSPS) is 16.1. The van der Waals surface area contributed by atoms with Crippen molar-refractivity contribution in [2.45, 2.75) is 25.2 Å². The number of carbonyl (C=O) groups excluding carboxylic acids is 1. The number of fused-ring (bicyclic) bond motifs is 1. The van der Waals surface area contributed by atoms with Crippen molar-refractivity contribution in [2.24, 2.45) is 5.73 Å². The minimum Gasteiger partial charge on any atom is -0.468 e. The molecule has 0 spiro atoms. The lowest BCUT2D eigenvalue weighted by Crippen LogP contribution is -2.24. The topological polar surface area (TPSA) is 81.0 Å². The summed E-state index contributed by atoms with van der Waals surface area (Å²) in [5.41, 5.74) is 8.66. The highest BCUT2D eigenvalue weighted by molar-refractivity contribution is 5.78. The lowest BCUT2D eigenvalue weighted by Gasteiger charge is -2.10. The van der Waals surface area contributed by atoms with E-state index >= 15 is 0 Å². The molecule has 0 aromatic carbocycles. The number of rotatable bonds is 3. The molecule has 2 rings (SSSR count). The monoisotopic (exact) mass is 209 g/mol. The second-order valence-electron chi connectivity index (χ2n) is 3.73. The SMILES string of the molecule is COC(=O)C(CN)c1n[nH]c2c1CCC2. The van der Waals surface area contributed by atoms with Crippen molar-refractivity contribution < 1.29 is 9.53 Å². The predicted molar refractivity (Wildman–Crippen MR) is 54.4 cm³/mol. The minimum absolute atomic E-state index is 0.240. The largest absolute Gasteiger partial charge is 0.468 e. The molecular formula is C10H15N3O2. The van der Waals surface area contributed by atoms with Crippen LogP contribution in [0.25, 0.3) is 0 Å².